The Labute approximate surface area is 464 Å². The summed E-state index contributed by atoms with van der Waals surface area (Å²) in [4.78, 5) is 20.5. The SMILES string of the molecule is CCc1ccc(C(C)C)c2nc(-c3ccc(N(c4ccccc4)c4ccc(N(c5ccccc5)c5ccccc5)cc4)cc3)c(-c3ccc(N(c4ccccc4)c4ccc(N(c5ccccc5)c5ccccc5)cc4)cc3)nc12. The molecule has 0 spiro atoms. The van der Waals surface area contributed by atoms with Crippen molar-refractivity contribution < 1.29 is 0 Å². The summed E-state index contributed by atoms with van der Waals surface area (Å²) in [5, 5.41) is 0. The number of fused-ring (bicyclic) bond motifs is 1. The van der Waals surface area contributed by atoms with Gasteiger partial charge in [-0.3, -0.25) is 0 Å². The van der Waals surface area contributed by atoms with Crippen LogP contribution in [0.15, 0.2) is 291 Å². The Kier molecular flexibility index (Phi) is 14.3. The summed E-state index contributed by atoms with van der Waals surface area (Å²) in [6.45, 7) is 6.68. The molecule has 6 nitrogen and oxygen atoms in total. The zero-order valence-electron chi connectivity index (χ0n) is 44.7. The van der Waals surface area contributed by atoms with Crippen molar-refractivity contribution in [3.8, 4) is 22.5 Å². The van der Waals surface area contributed by atoms with Crippen molar-refractivity contribution in [3.05, 3.63) is 302 Å². The van der Waals surface area contributed by atoms with Crippen molar-refractivity contribution in [1.82, 2.24) is 9.97 Å². The van der Waals surface area contributed by atoms with Gasteiger partial charge in [-0.05, 0) is 169 Å². The van der Waals surface area contributed by atoms with Crippen molar-refractivity contribution in [2.45, 2.75) is 33.1 Å². The fourth-order valence-electron chi connectivity index (χ4n) is 10.7. The molecule has 1 aromatic heterocycles. The van der Waals surface area contributed by atoms with Gasteiger partial charge in [0.1, 0.15) is 0 Å². The van der Waals surface area contributed by atoms with Gasteiger partial charge >= 0.3 is 0 Å². The van der Waals surface area contributed by atoms with Gasteiger partial charge in [-0.2, -0.15) is 0 Å². The van der Waals surface area contributed by atoms with Gasteiger partial charge in [0.15, 0.2) is 0 Å². The molecule has 0 bridgehead atoms. The molecule has 12 rings (SSSR count). The van der Waals surface area contributed by atoms with Crippen LogP contribution in [-0.4, -0.2) is 9.97 Å². The number of aryl methyl sites for hydroxylation is 1. The second kappa shape index (κ2) is 22.7. The fraction of sp³-hybridized carbons (Fsp3) is 0.0685. The van der Waals surface area contributed by atoms with Crippen LogP contribution in [0, 0.1) is 0 Å². The van der Waals surface area contributed by atoms with Gasteiger partial charge < -0.3 is 19.6 Å². The molecule has 79 heavy (non-hydrogen) atoms. The molecular weight excluding hydrogens is 961 g/mol. The number of hydrogen-bond acceptors (Lipinski definition) is 6. The molecule has 0 saturated carbocycles. The minimum atomic E-state index is 0.263. The van der Waals surface area contributed by atoms with Crippen LogP contribution in [-0.2, 0) is 6.42 Å². The first-order chi connectivity index (χ1) is 39.0. The summed E-state index contributed by atoms with van der Waals surface area (Å²) in [6.07, 6.45) is 0.849. The molecule has 382 valence electrons. The molecule has 0 saturated heterocycles. The van der Waals surface area contributed by atoms with Crippen molar-refractivity contribution in [2.75, 3.05) is 19.6 Å². The van der Waals surface area contributed by atoms with E-state index in [2.05, 4.69) is 332 Å². The minimum Gasteiger partial charge on any atom is -0.311 e. The van der Waals surface area contributed by atoms with E-state index in [-0.39, 0.29) is 5.92 Å². The largest absolute Gasteiger partial charge is 0.311 e. The predicted octanol–water partition coefficient (Wildman–Crippen LogP) is 20.5. The summed E-state index contributed by atoms with van der Waals surface area (Å²) in [5.74, 6) is 0.263. The number of aromatic nitrogens is 2. The van der Waals surface area contributed by atoms with E-state index in [0.29, 0.717) is 0 Å². The second-order valence-corrected chi connectivity index (χ2v) is 19.9. The van der Waals surface area contributed by atoms with Gasteiger partial charge in [0, 0.05) is 79.4 Å². The molecule has 11 aromatic carbocycles. The number of anilines is 12. The third kappa shape index (κ3) is 10.4. The Bertz CT molecular complexity index is 3840. The van der Waals surface area contributed by atoms with E-state index in [0.717, 1.165) is 108 Å². The van der Waals surface area contributed by atoms with Crippen molar-refractivity contribution in [1.29, 1.82) is 0 Å². The van der Waals surface area contributed by atoms with Gasteiger partial charge in [0.05, 0.1) is 22.4 Å². The lowest BCUT2D eigenvalue weighted by Crippen LogP contribution is -2.12. The Morgan fingerprint density at radius 2 is 0.494 bits per heavy atom. The number of para-hydroxylation sites is 6. The highest BCUT2D eigenvalue weighted by Gasteiger charge is 2.22. The summed E-state index contributed by atoms with van der Waals surface area (Å²) < 4.78 is 0. The van der Waals surface area contributed by atoms with Gasteiger partial charge in [-0.15, -0.1) is 0 Å². The first-order valence-corrected chi connectivity index (χ1v) is 27.2. The molecule has 0 N–H and O–H groups in total. The van der Waals surface area contributed by atoms with E-state index >= 15 is 0 Å². The number of benzene rings is 11. The van der Waals surface area contributed by atoms with Crippen LogP contribution in [0.3, 0.4) is 0 Å². The molecule has 0 atom stereocenters. The maximum atomic E-state index is 5.64. The molecule has 1 heterocycles. The van der Waals surface area contributed by atoms with Crippen LogP contribution in [0.4, 0.5) is 68.2 Å². The minimum absolute atomic E-state index is 0.263. The monoisotopic (exact) mass is 1020 g/mol. The quantitative estimate of drug-likeness (QED) is 0.0960. The lowest BCUT2D eigenvalue weighted by atomic mass is 9.96. The highest BCUT2D eigenvalue weighted by atomic mass is 15.2. The van der Waals surface area contributed by atoms with E-state index in [1.807, 2.05) is 0 Å². The van der Waals surface area contributed by atoms with Gasteiger partial charge in [-0.25, -0.2) is 9.97 Å². The molecule has 12 aromatic rings. The summed E-state index contributed by atoms with van der Waals surface area (Å²) in [6, 6.07) is 103. The van der Waals surface area contributed by atoms with Gasteiger partial charge in [-0.1, -0.05) is 166 Å². The van der Waals surface area contributed by atoms with Crippen molar-refractivity contribution in [3.63, 3.8) is 0 Å². The van der Waals surface area contributed by atoms with Gasteiger partial charge in [0.2, 0.25) is 0 Å². The molecule has 0 aliphatic heterocycles. The van der Waals surface area contributed by atoms with Crippen LogP contribution in [0.25, 0.3) is 33.5 Å². The topological polar surface area (TPSA) is 38.7 Å². The lowest BCUT2D eigenvalue weighted by Gasteiger charge is -2.28. The number of hydrogen-bond donors (Lipinski definition) is 0. The van der Waals surface area contributed by atoms with Crippen LogP contribution < -0.4 is 19.6 Å². The van der Waals surface area contributed by atoms with E-state index in [1.54, 1.807) is 0 Å². The highest BCUT2D eigenvalue weighted by Crippen LogP contribution is 2.43. The maximum absolute atomic E-state index is 5.64. The normalized spacial score (nSPS) is 11.1. The third-order valence-electron chi connectivity index (χ3n) is 14.6. The van der Waals surface area contributed by atoms with E-state index in [1.165, 1.54) is 11.1 Å². The molecular formula is C73H60N6. The Morgan fingerprint density at radius 3 is 0.734 bits per heavy atom. The summed E-state index contributed by atoms with van der Waals surface area (Å²) in [7, 11) is 0. The third-order valence-corrected chi connectivity index (χ3v) is 14.6. The number of nitrogens with zero attached hydrogens (tertiary/aromatic N) is 6. The molecule has 0 radical (unpaired) electrons. The standard InChI is InChI=1S/C73H60N6/c1-4-54-39-52-69(53(2)3)73-70(54)74-71(55-35-40-63(41-36-55)78(61-31-19-9-20-32-61)67-48-44-65(45-49-67)76(57-23-11-5-12-24-57)58-25-13-6-14-26-58)72(75-73)56-37-42-64(43-38-56)79(62-33-21-10-22-34-62)68-50-46-66(47-51-68)77(59-27-15-7-16-28-59)60-29-17-8-18-30-60/h5-53H,4H2,1-3H3. The molecule has 0 amide bonds. The molecule has 0 fully saturated rings. The van der Waals surface area contributed by atoms with Crippen LogP contribution >= 0.6 is 0 Å². The average Bonchev–Trinajstić information content (AvgIpc) is 3.63. The first kappa shape index (κ1) is 49.8. The average molecular weight is 1020 g/mol. The molecule has 0 unspecified atom stereocenters. The van der Waals surface area contributed by atoms with Crippen LogP contribution in [0.2, 0.25) is 0 Å². The summed E-state index contributed by atoms with van der Waals surface area (Å²) >= 11 is 0. The fourth-order valence-corrected chi connectivity index (χ4v) is 10.7. The predicted molar refractivity (Wildman–Crippen MR) is 333 cm³/mol. The van der Waals surface area contributed by atoms with Crippen LogP contribution in [0.1, 0.15) is 37.8 Å². The van der Waals surface area contributed by atoms with E-state index < -0.39 is 0 Å². The highest BCUT2D eigenvalue weighted by molar-refractivity contribution is 5.92. The van der Waals surface area contributed by atoms with Crippen LogP contribution in [0.5, 0.6) is 0 Å². The second-order valence-electron chi connectivity index (χ2n) is 19.9. The Balaban J connectivity index is 0.924. The molecule has 6 heteroatoms. The molecule has 0 aliphatic rings. The zero-order valence-corrected chi connectivity index (χ0v) is 44.7. The first-order valence-electron chi connectivity index (χ1n) is 27.2. The van der Waals surface area contributed by atoms with Crippen molar-refractivity contribution in [2.24, 2.45) is 0 Å². The Hall–Kier alpha value is -10.0. The van der Waals surface area contributed by atoms with E-state index in [4.69, 9.17) is 9.97 Å². The van der Waals surface area contributed by atoms with Gasteiger partial charge in [0.25, 0.3) is 0 Å². The zero-order chi connectivity index (χ0) is 53.5. The summed E-state index contributed by atoms with van der Waals surface area (Å²) in [5.41, 5.74) is 20.8. The lowest BCUT2D eigenvalue weighted by molar-refractivity contribution is 0.871. The van der Waals surface area contributed by atoms with E-state index in [9.17, 15) is 0 Å². The smallest absolute Gasteiger partial charge is 0.0973 e. The Morgan fingerprint density at radius 1 is 0.266 bits per heavy atom. The number of rotatable bonds is 16. The maximum Gasteiger partial charge on any atom is 0.0973 e. The molecule has 0 aliphatic carbocycles. The van der Waals surface area contributed by atoms with Crippen molar-refractivity contribution >= 4 is 79.3 Å².